The molecule has 3 unspecified atom stereocenters. The molecule has 172 valence electrons. The summed E-state index contributed by atoms with van der Waals surface area (Å²) in [6.45, 7) is 4.14. The Morgan fingerprint density at radius 1 is 1.06 bits per heavy atom. The van der Waals surface area contributed by atoms with Crippen molar-refractivity contribution in [1.29, 1.82) is 0 Å². The first-order valence-electron chi connectivity index (χ1n) is 11.5. The summed E-state index contributed by atoms with van der Waals surface area (Å²) in [7, 11) is 1.78. The van der Waals surface area contributed by atoms with Crippen LogP contribution in [0.25, 0.3) is 0 Å². The van der Waals surface area contributed by atoms with Crippen molar-refractivity contribution in [3.05, 3.63) is 35.9 Å². The van der Waals surface area contributed by atoms with Gasteiger partial charge < -0.3 is 10.2 Å². The van der Waals surface area contributed by atoms with Crippen LogP contribution in [0, 0.1) is 5.92 Å². The zero-order valence-corrected chi connectivity index (χ0v) is 18.3. The summed E-state index contributed by atoms with van der Waals surface area (Å²) in [5.74, 6) is 1.45. The van der Waals surface area contributed by atoms with Crippen LogP contribution in [-0.2, 0) is 6.54 Å². The Morgan fingerprint density at radius 2 is 1.87 bits per heavy atom. The van der Waals surface area contributed by atoms with E-state index in [1.807, 2.05) is 0 Å². The minimum atomic E-state index is -4.13. The van der Waals surface area contributed by atoms with Gasteiger partial charge in [0.15, 0.2) is 5.96 Å². The fourth-order valence-corrected chi connectivity index (χ4v) is 5.54. The summed E-state index contributed by atoms with van der Waals surface area (Å²) in [6.07, 6.45) is 0.128. The summed E-state index contributed by atoms with van der Waals surface area (Å²) < 4.78 is 38.0. The second-order valence-electron chi connectivity index (χ2n) is 9.19. The average molecular weight is 438 g/mol. The van der Waals surface area contributed by atoms with Crippen LogP contribution in [0.5, 0.6) is 0 Å². The summed E-state index contributed by atoms with van der Waals surface area (Å²) in [6, 6.07) is 11.3. The van der Waals surface area contributed by atoms with E-state index in [1.54, 1.807) is 7.05 Å². The first kappa shape index (κ1) is 22.4. The molecule has 3 atom stereocenters. The zero-order valence-electron chi connectivity index (χ0n) is 18.3. The van der Waals surface area contributed by atoms with Crippen LogP contribution < -0.4 is 5.32 Å². The molecule has 0 aliphatic carbocycles. The Balaban J connectivity index is 1.31. The summed E-state index contributed by atoms with van der Waals surface area (Å²) >= 11 is 0. The molecule has 3 aliphatic heterocycles. The number of hydrogen-bond donors (Lipinski definition) is 1. The lowest BCUT2D eigenvalue weighted by molar-refractivity contribution is -0.143. The van der Waals surface area contributed by atoms with Crippen LogP contribution >= 0.6 is 0 Å². The molecule has 4 rings (SSSR count). The van der Waals surface area contributed by atoms with Gasteiger partial charge in [-0.05, 0) is 43.7 Å². The molecule has 8 heteroatoms. The zero-order chi connectivity index (χ0) is 21.8. The van der Waals surface area contributed by atoms with E-state index in [9.17, 15) is 13.2 Å². The van der Waals surface area contributed by atoms with E-state index in [1.165, 1.54) is 23.3 Å². The summed E-state index contributed by atoms with van der Waals surface area (Å²) in [5.41, 5.74) is 1.37. The van der Waals surface area contributed by atoms with Crippen molar-refractivity contribution in [1.82, 2.24) is 20.0 Å². The first-order chi connectivity index (χ1) is 14.9. The maximum atomic E-state index is 12.7. The van der Waals surface area contributed by atoms with Gasteiger partial charge in [0.1, 0.15) is 0 Å². The Labute approximate surface area is 183 Å². The normalized spacial score (nSPS) is 28.6. The molecular formula is C23H34F3N5. The third-order valence-corrected chi connectivity index (χ3v) is 6.93. The van der Waals surface area contributed by atoms with Gasteiger partial charge in [-0.25, -0.2) is 0 Å². The smallest absolute Gasteiger partial charge is 0.352 e. The minimum Gasteiger partial charge on any atom is -0.352 e. The molecule has 1 aromatic rings. The molecule has 3 heterocycles. The number of fused-ring (bicyclic) bond motifs is 1. The maximum Gasteiger partial charge on any atom is 0.401 e. The first-order valence-corrected chi connectivity index (χ1v) is 11.5. The van der Waals surface area contributed by atoms with Crippen LogP contribution in [0.15, 0.2) is 35.3 Å². The Hall–Kier alpha value is -1.80. The fraction of sp³-hybridized carbons (Fsp3) is 0.696. The van der Waals surface area contributed by atoms with Crippen molar-refractivity contribution in [2.75, 3.05) is 46.3 Å². The predicted molar refractivity (Wildman–Crippen MR) is 117 cm³/mol. The highest BCUT2D eigenvalue weighted by Gasteiger charge is 2.38. The molecule has 31 heavy (non-hydrogen) atoms. The third-order valence-electron chi connectivity index (χ3n) is 6.93. The molecule has 3 aliphatic rings. The molecule has 0 saturated carbocycles. The van der Waals surface area contributed by atoms with E-state index in [4.69, 9.17) is 0 Å². The van der Waals surface area contributed by atoms with Crippen LogP contribution in [0.4, 0.5) is 13.2 Å². The molecule has 0 bridgehead atoms. The second-order valence-corrected chi connectivity index (χ2v) is 9.19. The molecular weight excluding hydrogens is 403 g/mol. The van der Waals surface area contributed by atoms with Gasteiger partial charge in [0, 0.05) is 51.9 Å². The lowest BCUT2D eigenvalue weighted by Gasteiger charge is -2.48. The van der Waals surface area contributed by atoms with Crippen LogP contribution in [-0.4, -0.2) is 85.2 Å². The number of benzene rings is 1. The lowest BCUT2D eigenvalue weighted by atomic mass is 9.83. The van der Waals surface area contributed by atoms with Crippen molar-refractivity contribution in [2.24, 2.45) is 10.9 Å². The van der Waals surface area contributed by atoms with Crippen molar-refractivity contribution < 1.29 is 13.2 Å². The van der Waals surface area contributed by atoms with Crippen LogP contribution in [0.1, 0.15) is 31.2 Å². The number of aliphatic imine (C=N–C) groups is 1. The number of nitrogens with one attached hydrogen (secondary N) is 1. The SMILES string of the molecule is CN=C(NC1CCN(CC(F)(F)F)C1)N1CCC2C(CCCN2Cc2ccccc2)C1. The topological polar surface area (TPSA) is 34.1 Å². The quantitative estimate of drug-likeness (QED) is 0.580. The highest BCUT2D eigenvalue weighted by Crippen LogP contribution is 2.32. The molecule has 0 amide bonds. The number of hydrogen-bond acceptors (Lipinski definition) is 3. The minimum absolute atomic E-state index is 0.0275. The van der Waals surface area contributed by atoms with Gasteiger partial charge >= 0.3 is 6.18 Å². The van der Waals surface area contributed by atoms with Gasteiger partial charge in [0.2, 0.25) is 0 Å². The van der Waals surface area contributed by atoms with E-state index < -0.39 is 12.7 Å². The monoisotopic (exact) mass is 437 g/mol. The van der Waals surface area contributed by atoms with Crippen LogP contribution in [0.3, 0.4) is 0 Å². The largest absolute Gasteiger partial charge is 0.401 e. The molecule has 3 fully saturated rings. The number of halogens is 3. The van der Waals surface area contributed by atoms with Crippen molar-refractivity contribution in [3.8, 4) is 0 Å². The third kappa shape index (κ3) is 5.92. The number of likely N-dealkylation sites (tertiary alicyclic amines) is 3. The lowest BCUT2D eigenvalue weighted by Crippen LogP contribution is -2.57. The van der Waals surface area contributed by atoms with E-state index >= 15 is 0 Å². The highest BCUT2D eigenvalue weighted by atomic mass is 19.4. The van der Waals surface area contributed by atoms with Crippen molar-refractivity contribution in [2.45, 2.75) is 50.5 Å². The van der Waals surface area contributed by atoms with E-state index in [0.717, 1.165) is 45.0 Å². The van der Waals surface area contributed by atoms with Crippen LogP contribution in [0.2, 0.25) is 0 Å². The Kier molecular flexibility index (Phi) is 7.06. The standard InChI is InChI=1S/C23H34F3N5/c1-27-22(28-20-9-12-29(16-20)17-23(24,25)26)31-13-10-21-19(15-31)8-5-11-30(21)14-18-6-3-2-4-7-18/h2-4,6-7,19-21H,5,8-17H2,1H3,(H,27,28). The van der Waals surface area contributed by atoms with Gasteiger partial charge in [-0.1, -0.05) is 30.3 Å². The number of nitrogens with zero attached hydrogens (tertiary/aromatic N) is 4. The number of guanidine groups is 1. The fourth-order valence-electron chi connectivity index (χ4n) is 5.54. The van der Waals surface area contributed by atoms with Gasteiger partial charge in [0.25, 0.3) is 0 Å². The van der Waals surface area contributed by atoms with Gasteiger partial charge in [-0.2, -0.15) is 13.2 Å². The number of piperidine rings is 2. The highest BCUT2D eigenvalue weighted by molar-refractivity contribution is 5.80. The van der Waals surface area contributed by atoms with Gasteiger partial charge in [0.05, 0.1) is 6.54 Å². The van der Waals surface area contributed by atoms with E-state index in [-0.39, 0.29) is 6.04 Å². The van der Waals surface area contributed by atoms with E-state index in [0.29, 0.717) is 25.0 Å². The molecule has 1 N–H and O–H groups in total. The molecule has 1 aromatic carbocycles. The molecule has 3 saturated heterocycles. The molecule has 0 spiro atoms. The van der Waals surface area contributed by atoms with Crippen molar-refractivity contribution in [3.63, 3.8) is 0 Å². The maximum absolute atomic E-state index is 12.7. The molecule has 0 radical (unpaired) electrons. The van der Waals surface area contributed by atoms with Gasteiger partial charge in [-0.15, -0.1) is 0 Å². The summed E-state index contributed by atoms with van der Waals surface area (Å²) in [5, 5.41) is 3.45. The van der Waals surface area contributed by atoms with Gasteiger partial charge in [-0.3, -0.25) is 14.8 Å². The second kappa shape index (κ2) is 9.77. The van der Waals surface area contributed by atoms with Crippen molar-refractivity contribution >= 4 is 5.96 Å². The molecule has 5 nitrogen and oxygen atoms in total. The number of alkyl halides is 3. The Bertz CT molecular complexity index is 738. The summed E-state index contributed by atoms with van der Waals surface area (Å²) in [4.78, 5) is 10.9. The molecule has 0 aromatic heterocycles. The predicted octanol–water partition coefficient (Wildman–Crippen LogP) is 3.18. The Morgan fingerprint density at radius 3 is 2.61 bits per heavy atom. The number of rotatable bonds is 4. The van der Waals surface area contributed by atoms with E-state index in [2.05, 4.69) is 50.4 Å². The average Bonchev–Trinajstić information content (AvgIpc) is 3.17.